The summed E-state index contributed by atoms with van der Waals surface area (Å²) in [6, 6.07) is 14.9. The molecule has 1 aliphatic rings. The maximum absolute atomic E-state index is 13.2. The summed E-state index contributed by atoms with van der Waals surface area (Å²) >= 11 is 6.58. The largest absolute Gasteiger partial charge is 0.494 e. The van der Waals surface area contributed by atoms with Gasteiger partial charge in [-0.1, -0.05) is 23.7 Å². The van der Waals surface area contributed by atoms with Gasteiger partial charge in [-0.3, -0.25) is 4.79 Å². The Labute approximate surface area is 195 Å². The second-order valence-corrected chi connectivity index (χ2v) is 8.20. The fraction of sp³-hybridized carbons (Fsp3) is 0.200. The Bertz CT molecular complexity index is 1310. The number of carbonyl (C=O) groups is 1. The Morgan fingerprint density at radius 1 is 1.15 bits per heavy atom. The first-order chi connectivity index (χ1) is 16.0. The molecule has 0 unspecified atom stereocenters. The number of nitrogens with zero attached hydrogens (tertiary/aromatic N) is 2. The van der Waals surface area contributed by atoms with Crippen molar-refractivity contribution in [3.8, 4) is 22.9 Å². The lowest BCUT2D eigenvalue weighted by molar-refractivity contribution is 0.103. The first kappa shape index (κ1) is 21.3. The van der Waals surface area contributed by atoms with Crippen LogP contribution in [0.15, 0.2) is 54.7 Å². The second kappa shape index (κ2) is 8.77. The lowest BCUT2D eigenvalue weighted by atomic mass is 9.99. The molecule has 0 spiro atoms. The first-order valence-electron chi connectivity index (χ1n) is 10.6. The molecular weight excluding hydrogens is 442 g/mol. The number of hydrogen-bond donors (Lipinski definition) is 2. The highest BCUT2D eigenvalue weighted by Crippen LogP contribution is 2.37. The maximum Gasteiger partial charge on any atom is 0.212 e. The predicted octanol–water partition coefficient (Wildman–Crippen LogP) is 4.67. The molecule has 0 bridgehead atoms. The van der Waals surface area contributed by atoms with Gasteiger partial charge in [-0.05, 0) is 35.9 Å². The molecule has 8 heteroatoms. The van der Waals surface area contributed by atoms with E-state index in [-0.39, 0.29) is 17.2 Å². The normalized spacial score (nSPS) is 13.9. The second-order valence-electron chi connectivity index (χ2n) is 7.79. The van der Waals surface area contributed by atoms with Crippen LogP contribution in [0, 0.1) is 0 Å². The quantitative estimate of drug-likeness (QED) is 0.418. The lowest BCUT2D eigenvalue weighted by Crippen LogP contribution is -2.36. The molecule has 0 amide bonds. The van der Waals surface area contributed by atoms with Crippen molar-refractivity contribution in [1.29, 1.82) is 0 Å². The Hall–Kier alpha value is -3.55. The molecule has 0 radical (unpaired) electrons. The van der Waals surface area contributed by atoms with Crippen molar-refractivity contribution in [1.82, 2.24) is 9.97 Å². The molecule has 2 N–H and O–H groups in total. The molecule has 4 aromatic rings. The molecule has 0 aliphatic carbocycles. The highest BCUT2D eigenvalue weighted by Gasteiger charge is 2.22. The number of H-pyrrole nitrogens is 1. The Balaban J connectivity index is 1.53. The van der Waals surface area contributed by atoms with Crippen molar-refractivity contribution in [3.63, 3.8) is 0 Å². The number of ketones is 1. The summed E-state index contributed by atoms with van der Waals surface area (Å²) < 4.78 is 10.5. The molecule has 0 atom stereocenters. The van der Waals surface area contributed by atoms with Gasteiger partial charge in [0.15, 0.2) is 0 Å². The van der Waals surface area contributed by atoms with Crippen LogP contribution in [0.5, 0.6) is 11.8 Å². The average molecular weight is 464 g/mol. The maximum atomic E-state index is 13.2. The molecule has 2 aromatic carbocycles. The van der Waals surface area contributed by atoms with E-state index in [0.29, 0.717) is 27.4 Å². The van der Waals surface area contributed by atoms with Crippen molar-refractivity contribution in [3.05, 3.63) is 70.9 Å². The summed E-state index contributed by atoms with van der Waals surface area (Å²) in [5.74, 6) is -0.143. The van der Waals surface area contributed by atoms with Gasteiger partial charge in [-0.2, -0.15) is 0 Å². The fourth-order valence-corrected chi connectivity index (χ4v) is 4.38. The minimum absolute atomic E-state index is 0.180. The van der Waals surface area contributed by atoms with Crippen LogP contribution in [-0.2, 0) is 4.74 Å². The molecule has 168 valence electrons. The summed E-state index contributed by atoms with van der Waals surface area (Å²) in [4.78, 5) is 22.4. The monoisotopic (exact) mass is 463 g/mol. The van der Waals surface area contributed by atoms with Crippen LogP contribution in [0.3, 0.4) is 0 Å². The number of aromatic hydroxyl groups is 1. The van der Waals surface area contributed by atoms with Crippen LogP contribution >= 0.6 is 11.6 Å². The number of ether oxygens (including phenoxy) is 2. The fourth-order valence-electron chi connectivity index (χ4n) is 4.11. The van der Waals surface area contributed by atoms with Crippen LogP contribution in [0.4, 0.5) is 5.69 Å². The molecule has 2 aromatic heterocycles. The van der Waals surface area contributed by atoms with Gasteiger partial charge in [-0.25, -0.2) is 4.98 Å². The van der Waals surface area contributed by atoms with Gasteiger partial charge in [0.1, 0.15) is 0 Å². The Morgan fingerprint density at radius 3 is 2.58 bits per heavy atom. The number of nitrogens with one attached hydrogen (secondary N) is 1. The van der Waals surface area contributed by atoms with Crippen molar-refractivity contribution in [2.24, 2.45) is 0 Å². The molecule has 7 nitrogen and oxygen atoms in total. The highest BCUT2D eigenvalue weighted by atomic mass is 35.5. The molecule has 1 fully saturated rings. The highest BCUT2D eigenvalue weighted by molar-refractivity contribution is 6.34. The number of aromatic nitrogens is 2. The number of halogens is 1. The number of rotatable bonds is 5. The third-order valence-electron chi connectivity index (χ3n) is 5.86. The van der Waals surface area contributed by atoms with E-state index in [1.165, 1.54) is 13.3 Å². The van der Waals surface area contributed by atoms with E-state index in [2.05, 4.69) is 27.0 Å². The first-order valence-corrected chi connectivity index (χ1v) is 10.9. The smallest absolute Gasteiger partial charge is 0.212 e. The average Bonchev–Trinajstić information content (AvgIpc) is 3.18. The number of morpholine rings is 1. The Kier molecular flexibility index (Phi) is 5.66. The summed E-state index contributed by atoms with van der Waals surface area (Å²) in [6.45, 7) is 3.17. The number of aromatic amines is 1. The van der Waals surface area contributed by atoms with E-state index < -0.39 is 0 Å². The number of benzene rings is 2. The Morgan fingerprint density at radius 2 is 1.91 bits per heavy atom. The number of hydrogen-bond acceptors (Lipinski definition) is 6. The number of fused-ring (bicyclic) bond motifs is 1. The molecule has 33 heavy (non-hydrogen) atoms. The number of anilines is 1. The van der Waals surface area contributed by atoms with E-state index in [1.54, 1.807) is 18.2 Å². The standard InChI is InChI=1S/C25H22ClN3O4/c1-32-22-7-4-16(14-27-22)24(30)23-19-12-18(20(26)13-21(19)28-25(23)31)15-2-5-17(6-3-15)29-8-10-33-11-9-29/h2-7,12-14,28,31H,8-11H2,1H3. The van der Waals surface area contributed by atoms with Crippen LogP contribution in [0.25, 0.3) is 22.0 Å². The zero-order chi connectivity index (χ0) is 22.9. The topological polar surface area (TPSA) is 87.7 Å². The van der Waals surface area contributed by atoms with E-state index in [9.17, 15) is 9.90 Å². The van der Waals surface area contributed by atoms with E-state index in [1.807, 2.05) is 18.2 Å². The summed E-state index contributed by atoms with van der Waals surface area (Å²) in [7, 11) is 1.51. The van der Waals surface area contributed by atoms with Crippen LogP contribution in [-0.4, -0.2) is 54.3 Å². The van der Waals surface area contributed by atoms with Gasteiger partial charge in [-0.15, -0.1) is 0 Å². The van der Waals surface area contributed by atoms with Crippen molar-refractivity contribution >= 4 is 34.0 Å². The summed E-state index contributed by atoms with van der Waals surface area (Å²) in [5, 5.41) is 11.6. The third kappa shape index (κ3) is 4.01. The van der Waals surface area contributed by atoms with Gasteiger partial charge >= 0.3 is 0 Å². The molecule has 1 saturated heterocycles. The van der Waals surface area contributed by atoms with E-state index in [0.717, 1.165) is 43.1 Å². The van der Waals surface area contributed by atoms with E-state index >= 15 is 0 Å². The van der Waals surface area contributed by atoms with Crippen molar-refractivity contribution in [2.75, 3.05) is 38.3 Å². The zero-order valence-corrected chi connectivity index (χ0v) is 18.7. The third-order valence-corrected chi connectivity index (χ3v) is 6.17. The van der Waals surface area contributed by atoms with Crippen molar-refractivity contribution < 1.29 is 19.4 Å². The van der Waals surface area contributed by atoms with Gasteiger partial charge in [0.2, 0.25) is 17.5 Å². The number of carbonyl (C=O) groups excluding carboxylic acids is 1. The zero-order valence-electron chi connectivity index (χ0n) is 18.0. The predicted molar refractivity (Wildman–Crippen MR) is 128 cm³/mol. The van der Waals surface area contributed by atoms with E-state index in [4.69, 9.17) is 21.1 Å². The molecule has 1 aliphatic heterocycles. The summed E-state index contributed by atoms with van der Waals surface area (Å²) in [6.07, 6.45) is 1.43. The lowest BCUT2D eigenvalue weighted by Gasteiger charge is -2.29. The molecule has 0 saturated carbocycles. The molecular formula is C25H22ClN3O4. The van der Waals surface area contributed by atoms with Gasteiger partial charge in [0.05, 0.1) is 36.4 Å². The van der Waals surface area contributed by atoms with Gasteiger partial charge in [0, 0.05) is 47.6 Å². The van der Waals surface area contributed by atoms with Crippen LogP contribution < -0.4 is 9.64 Å². The van der Waals surface area contributed by atoms with Gasteiger partial charge < -0.3 is 24.5 Å². The SMILES string of the molecule is COc1ccc(C(=O)c2c(O)[nH]c3cc(Cl)c(-c4ccc(N5CCOCC5)cc4)cc23)cn1. The minimum atomic E-state index is -0.343. The minimum Gasteiger partial charge on any atom is -0.494 e. The molecule has 3 heterocycles. The molecule has 5 rings (SSSR count). The van der Waals surface area contributed by atoms with Crippen LogP contribution in [0.2, 0.25) is 5.02 Å². The van der Waals surface area contributed by atoms with Gasteiger partial charge in [0.25, 0.3) is 0 Å². The summed E-state index contributed by atoms with van der Waals surface area (Å²) in [5.41, 5.74) is 3.93. The number of pyridine rings is 1. The number of methoxy groups -OCH3 is 1. The van der Waals surface area contributed by atoms with Crippen LogP contribution in [0.1, 0.15) is 15.9 Å². The van der Waals surface area contributed by atoms with Crippen molar-refractivity contribution in [2.45, 2.75) is 0 Å².